The first-order chi connectivity index (χ1) is 9.29. The minimum absolute atomic E-state index is 0.0457. The summed E-state index contributed by atoms with van der Waals surface area (Å²) in [4.78, 5) is 0.328. The number of halogens is 1. The van der Waals surface area contributed by atoms with Crippen LogP contribution in [0.4, 0.5) is 0 Å². The third-order valence-electron chi connectivity index (χ3n) is 4.11. The number of hydrogen-bond acceptors (Lipinski definition) is 2. The van der Waals surface area contributed by atoms with E-state index in [2.05, 4.69) is 34.5 Å². The highest BCUT2D eigenvalue weighted by Crippen LogP contribution is 2.30. The van der Waals surface area contributed by atoms with E-state index in [1.165, 1.54) is 0 Å². The maximum atomic E-state index is 12.5. The molecule has 3 atom stereocenters. The second kappa shape index (κ2) is 6.16. The van der Waals surface area contributed by atoms with Crippen molar-refractivity contribution in [3.63, 3.8) is 0 Å². The highest BCUT2D eigenvalue weighted by atomic mass is 79.9. The molecule has 2 rings (SSSR count). The molecular formula is C15H22BrNO2S. The quantitative estimate of drug-likeness (QED) is 0.890. The molecule has 5 heteroatoms. The van der Waals surface area contributed by atoms with Gasteiger partial charge < -0.3 is 0 Å². The molecule has 0 amide bonds. The first-order valence-corrected chi connectivity index (χ1v) is 9.35. The summed E-state index contributed by atoms with van der Waals surface area (Å²) in [5.74, 6) is 1.08. The van der Waals surface area contributed by atoms with Crippen molar-refractivity contribution in [2.45, 2.75) is 51.0 Å². The van der Waals surface area contributed by atoms with E-state index in [-0.39, 0.29) is 6.04 Å². The monoisotopic (exact) mass is 359 g/mol. The van der Waals surface area contributed by atoms with E-state index in [9.17, 15) is 8.42 Å². The molecule has 0 radical (unpaired) electrons. The second-order valence-corrected chi connectivity index (χ2v) is 8.59. The fourth-order valence-corrected chi connectivity index (χ4v) is 5.50. The summed E-state index contributed by atoms with van der Waals surface area (Å²) in [6.07, 6.45) is 3.10. The predicted octanol–water partition coefficient (Wildman–Crippen LogP) is 3.86. The van der Waals surface area contributed by atoms with Gasteiger partial charge in [-0.25, -0.2) is 13.1 Å². The normalized spacial score (nSPS) is 27.5. The minimum Gasteiger partial charge on any atom is -0.208 e. The first-order valence-electron chi connectivity index (χ1n) is 7.08. The number of benzene rings is 1. The van der Waals surface area contributed by atoms with Gasteiger partial charge in [-0.2, -0.15) is 0 Å². The van der Waals surface area contributed by atoms with Crippen molar-refractivity contribution in [1.29, 1.82) is 0 Å². The highest BCUT2D eigenvalue weighted by Gasteiger charge is 2.30. The third kappa shape index (κ3) is 3.62. The third-order valence-corrected chi connectivity index (χ3v) is 6.58. The highest BCUT2D eigenvalue weighted by molar-refractivity contribution is 9.10. The van der Waals surface area contributed by atoms with Gasteiger partial charge >= 0.3 is 0 Å². The summed E-state index contributed by atoms with van der Waals surface area (Å²) in [6.45, 7) is 6.31. The fraction of sp³-hybridized carbons (Fsp3) is 0.600. The van der Waals surface area contributed by atoms with Crippen molar-refractivity contribution in [2.24, 2.45) is 11.8 Å². The SMILES string of the molecule is Cc1ccc(S(=O)(=O)NC2CCC(C)CC2C)c(Br)c1. The number of rotatable bonds is 3. The van der Waals surface area contributed by atoms with Gasteiger partial charge in [0.2, 0.25) is 10.0 Å². The van der Waals surface area contributed by atoms with Gasteiger partial charge in [-0.1, -0.05) is 19.9 Å². The van der Waals surface area contributed by atoms with Crippen LogP contribution >= 0.6 is 15.9 Å². The van der Waals surface area contributed by atoms with Crippen molar-refractivity contribution >= 4 is 26.0 Å². The number of nitrogens with one attached hydrogen (secondary N) is 1. The van der Waals surface area contributed by atoms with Crippen LogP contribution < -0.4 is 4.72 Å². The van der Waals surface area contributed by atoms with Gasteiger partial charge in [0, 0.05) is 10.5 Å². The standard InChI is InChI=1S/C15H22BrNO2S/c1-10-4-6-14(12(3)8-10)17-20(18,19)15-7-5-11(2)9-13(15)16/h5,7,9-10,12,14,17H,4,6,8H2,1-3H3. The Morgan fingerprint density at radius 2 is 1.95 bits per heavy atom. The first kappa shape index (κ1) is 16.0. The van der Waals surface area contributed by atoms with E-state index >= 15 is 0 Å². The molecule has 1 saturated carbocycles. The largest absolute Gasteiger partial charge is 0.241 e. The van der Waals surface area contributed by atoms with Crippen molar-refractivity contribution < 1.29 is 8.42 Å². The van der Waals surface area contributed by atoms with Gasteiger partial charge in [0.05, 0.1) is 4.90 Å². The molecule has 3 nitrogen and oxygen atoms in total. The number of hydrogen-bond donors (Lipinski definition) is 1. The summed E-state index contributed by atoms with van der Waals surface area (Å²) in [7, 11) is -3.45. The Morgan fingerprint density at radius 1 is 1.25 bits per heavy atom. The molecule has 3 unspecified atom stereocenters. The van der Waals surface area contributed by atoms with Crippen LogP contribution in [-0.2, 0) is 10.0 Å². The maximum absolute atomic E-state index is 12.5. The van der Waals surface area contributed by atoms with Gasteiger partial charge in [-0.15, -0.1) is 0 Å². The molecule has 0 aliphatic heterocycles. The average Bonchev–Trinajstić information content (AvgIpc) is 2.32. The maximum Gasteiger partial charge on any atom is 0.241 e. The van der Waals surface area contributed by atoms with Gasteiger partial charge in [-0.3, -0.25) is 0 Å². The zero-order valence-corrected chi connectivity index (χ0v) is 14.6. The molecule has 0 saturated heterocycles. The zero-order valence-electron chi connectivity index (χ0n) is 12.2. The summed E-state index contributed by atoms with van der Waals surface area (Å²) >= 11 is 3.35. The lowest BCUT2D eigenvalue weighted by molar-refractivity contribution is 0.249. The Bertz CT molecular complexity index is 586. The molecule has 1 aromatic carbocycles. The van der Waals surface area contributed by atoms with Crippen LogP contribution in [-0.4, -0.2) is 14.5 Å². The molecule has 1 fully saturated rings. The lowest BCUT2D eigenvalue weighted by Crippen LogP contribution is -2.42. The summed E-state index contributed by atoms with van der Waals surface area (Å²) in [6, 6.07) is 5.37. The summed E-state index contributed by atoms with van der Waals surface area (Å²) in [5.41, 5.74) is 1.04. The fourth-order valence-electron chi connectivity index (χ4n) is 2.93. The van der Waals surface area contributed by atoms with Crippen molar-refractivity contribution in [1.82, 2.24) is 4.72 Å². The van der Waals surface area contributed by atoms with Crippen LogP contribution in [0.1, 0.15) is 38.7 Å². The molecule has 0 bridgehead atoms. The molecule has 0 heterocycles. The molecule has 1 aromatic rings. The molecule has 1 N–H and O–H groups in total. The van der Waals surface area contributed by atoms with E-state index in [0.29, 0.717) is 21.2 Å². The van der Waals surface area contributed by atoms with E-state index in [4.69, 9.17) is 0 Å². The van der Waals surface area contributed by atoms with Crippen molar-refractivity contribution in [2.75, 3.05) is 0 Å². The molecule has 1 aliphatic carbocycles. The lowest BCUT2D eigenvalue weighted by atomic mass is 9.80. The molecule has 0 spiro atoms. The van der Waals surface area contributed by atoms with Crippen LogP contribution in [0.3, 0.4) is 0 Å². The van der Waals surface area contributed by atoms with Gasteiger partial charge in [0.1, 0.15) is 0 Å². The van der Waals surface area contributed by atoms with E-state index < -0.39 is 10.0 Å². The second-order valence-electron chi connectivity index (χ2n) is 6.06. The average molecular weight is 360 g/mol. The predicted molar refractivity (Wildman–Crippen MR) is 85.2 cm³/mol. The van der Waals surface area contributed by atoms with Gasteiger partial charge in [-0.05, 0) is 71.6 Å². The summed E-state index contributed by atoms with van der Waals surface area (Å²) < 4.78 is 28.5. The Morgan fingerprint density at radius 3 is 2.55 bits per heavy atom. The van der Waals surface area contributed by atoms with E-state index in [1.54, 1.807) is 6.07 Å². The van der Waals surface area contributed by atoms with E-state index in [1.807, 2.05) is 19.1 Å². The molecule has 20 heavy (non-hydrogen) atoms. The Labute approximate surface area is 130 Å². The smallest absolute Gasteiger partial charge is 0.208 e. The Balaban J connectivity index is 2.19. The van der Waals surface area contributed by atoms with E-state index in [0.717, 1.165) is 24.8 Å². The molecular weight excluding hydrogens is 338 g/mol. The minimum atomic E-state index is -3.45. The topological polar surface area (TPSA) is 46.2 Å². The summed E-state index contributed by atoms with van der Waals surface area (Å²) in [5, 5.41) is 0. The van der Waals surface area contributed by atoms with Gasteiger partial charge in [0.25, 0.3) is 0 Å². The van der Waals surface area contributed by atoms with Crippen LogP contribution in [0.25, 0.3) is 0 Å². The lowest BCUT2D eigenvalue weighted by Gasteiger charge is -2.33. The zero-order chi connectivity index (χ0) is 14.9. The number of aryl methyl sites for hydroxylation is 1. The van der Waals surface area contributed by atoms with Crippen molar-refractivity contribution in [3.8, 4) is 0 Å². The Kier molecular flexibility index (Phi) is 4.92. The van der Waals surface area contributed by atoms with Crippen LogP contribution in [0, 0.1) is 18.8 Å². The number of sulfonamides is 1. The van der Waals surface area contributed by atoms with Crippen LogP contribution in [0.15, 0.2) is 27.6 Å². The van der Waals surface area contributed by atoms with Crippen molar-refractivity contribution in [3.05, 3.63) is 28.2 Å². The Hall–Kier alpha value is -0.390. The molecule has 1 aliphatic rings. The molecule has 0 aromatic heterocycles. The van der Waals surface area contributed by atoms with Crippen LogP contribution in [0.2, 0.25) is 0 Å². The van der Waals surface area contributed by atoms with Gasteiger partial charge in [0.15, 0.2) is 0 Å². The van der Waals surface area contributed by atoms with Crippen LogP contribution in [0.5, 0.6) is 0 Å². The molecule has 112 valence electrons.